The molecule has 4 saturated carbocycles. The minimum Gasteiger partial charge on any atom is -0.497 e. The van der Waals surface area contributed by atoms with Crippen molar-refractivity contribution in [2.24, 2.45) is 58.2 Å². The molecule has 4 aliphatic heterocycles. The Bertz CT molecular complexity index is 5190. The number of pyridine rings is 4. The summed E-state index contributed by atoms with van der Waals surface area (Å²) in [7, 11) is -4.81. The van der Waals surface area contributed by atoms with E-state index >= 15 is 9.59 Å². The van der Waals surface area contributed by atoms with Gasteiger partial charge >= 0.3 is 11.9 Å². The van der Waals surface area contributed by atoms with Crippen LogP contribution in [0.1, 0.15) is 239 Å². The fourth-order valence-corrected chi connectivity index (χ4v) is 21.6. The van der Waals surface area contributed by atoms with Gasteiger partial charge in [0.1, 0.15) is 46.4 Å². The lowest BCUT2D eigenvalue weighted by Gasteiger charge is -2.33. The summed E-state index contributed by atoms with van der Waals surface area (Å²) in [6.45, 7) is 30.0. The standard InChI is InChI=1S/2C50H66N4O10S/c2*1-10-32-21-31(4)13-11-12-14-34-26-50(34,47(58)53-65(59,60)49(8)19-20-49)27-43(55)42-24-37(29-54(42)46(57)39(32)25-44(56)64-48(5,6)7)63-45-38-17-15-35(61-9)22-33(38)23-41(52-45)40-18-16-36(28-51-40)62-30(2)3/h2*12,14-18,22-23,28,30-32,34,37,39,42H,10-11,13,19-21,24-27,29H2,1-9H3,(H,53,58)/b2*14-12-/t31-,32+,34+,37+,39-,42-,50+;31-,32-,34-,37-,39+,42+,50-/m01/s1. The summed E-state index contributed by atoms with van der Waals surface area (Å²) >= 11 is 0. The van der Waals surface area contributed by atoms with Crippen LogP contribution in [-0.2, 0) is 67.9 Å². The van der Waals surface area contributed by atoms with Crippen molar-refractivity contribution in [1.82, 2.24) is 39.2 Å². The molecule has 6 aromatic rings. The third-order valence-electron chi connectivity index (χ3n) is 27.2. The Balaban J connectivity index is 0.000000222. The number of ether oxygens (including phenoxy) is 8. The summed E-state index contributed by atoms with van der Waals surface area (Å²) in [6, 6.07) is 20.1. The molecule has 4 aliphatic carbocycles. The highest BCUT2D eigenvalue weighted by Gasteiger charge is 2.65. The number of allylic oxidation sites excluding steroid dienone is 4. The number of hydrogen-bond acceptors (Lipinski definition) is 24. The third kappa shape index (κ3) is 22.8. The highest BCUT2D eigenvalue weighted by atomic mass is 32.2. The monoisotopic (exact) mass is 1830 g/mol. The molecule has 30 heteroatoms. The number of fused-ring (bicyclic) bond motifs is 6. The van der Waals surface area contributed by atoms with Gasteiger partial charge in [-0.3, -0.25) is 57.8 Å². The Morgan fingerprint density at radius 1 is 0.515 bits per heavy atom. The maximum atomic E-state index is 15.3. The van der Waals surface area contributed by atoms with Crippen molar-refractivity contribution in [3.63, 3.8) is 0 Å². The number of carbonyl (C=O) groups excluding carboxylic acids is 8. The lowest BCUT2D eigenvalue weighted by atomic mass is 9.79. The Morgan fingerprint density at radius 3 is 1.21 bits per heavy atom. The molecule has 14 atom stereocenters. The SMILES string of the molecule is CC[C@@H]1C[C@@H](C)CC/C=C\[C@@H]2C[C@@]2(C(=O)NS(=O)(=O)C2(C)CC2)CC(=O)[C@@H]2C[C@@H](Oc3nc(-c4ccc(OC(C)C)cn4)cc4cc(OC)ccc34)CN2C(=O)[C@H]1CC(=O)OC(C)(C)C.CC[C@@H]1C[C@H](C)CC/C=C\[C@@H]2C[C@@]2(C(=O)NS(=O)(=O)C2(C)CC2)CC(=O)[C@@H]2C[C@@H](Oc3nc(-c4ccc(OC(C)C)cn4)cc4cc(OC)ccc34)CN2C(=O)[C@H]1CC(=O)OC(C)(C)C. The zero-order valence-electron chi connectivity index (χ0n) is 78.7. The van der Waals surface area contributed by atoms with Gasteiger partial charge in [0.15, 0.2) is 11.6 Å². The molecule has 130 heavy (non-hydrogen) atoms. The summed E-state index contributed by atoms with van der Waals surface area (Å²) in [5, 5.41) is 2.88. The van der Waals surface area contributed by atoms with Gasteiger partial charge in [-0.15, -0.1) is 0 Å². The molecule has 2 saturated heterocycles. The van der Waals surface area contributed by atoms with E-state index in [1.54, 1.807) is 104 Å². The minimum atomic E-state index is -3.99. The molecule has 2 N–H and O–H groups in total. The average molecular weight is 1830 g/mol. The first-order valence-corrected chi connectivity index (χ1v) is 49.4. The summed E-state index contributed by atoms with van der Waals surface area (Å²) in [5.74, 6) is -3.16. The van der Waals surface area contributed by atoms with Gasteiger partial charge in [0.05, 0.1) is 132 Å². The van der Waals surface area contributed by atoms with Gasteiger partial charge in [0, 0.05) is 36.5 Å². The summed E-state index contributed by atoms with van der Waals surface area (Å²) < 4.78 is 104. The number of amides is 4. The van der Waals surface area contributed by atoms with Crippen LogP contribution in [0, 0.1) is 58.2 Å². The number of benzene rings is 2. The van der Waals surface area contributed by atoms with Crippen LogP contribution in [0.15, 0.2) is 109 Å². The number of methoxy groups -OCH3 is 2. The summed E-state index contributed by atoms with van der Waals surface area (Å²) in [4.78, 5) is 139. The van der Waals surface area contributed by atoms with E-state index in [0.29, 0.717) is 134 Å². The Hall–Kier alpha value is -10.1. The normalized spacial score (nSPS) is 27.4. The minimum absolute atomic E-state index is 0.00432. The van der Waals surface area contributed by atoms with Crippen molar-refractivity contribution in [2.45, 2.75) is 296 Å². The predicted molar refractivity (Wildman–Crippen MR) is 493 cm³/mol. The first kappa shape index (κ1) is 97.4. The van der Waals surface area contributed by atoms with Crippen LogP contribution in [-0.4, -0.2) is 178 Å². The van der Waals surface area contributed by atoms with E-state index in [1.807, 2.05) is 127 Å². The second kappa shape index (κ2) is 39.0. The van der Waals surface area contributed by atoms with Gasteiger partial charge in [-0.25, -0.2) is 26.8 Å². The van der Waals surface area contributed by atoms with Crippen LogP contribution in [0.3, 0.4) is 0 Å². The fourth-order valence-electron chi connectivity index (χ4n) is 19.0. The molecule has 704 valence electrons. The van der Waals surface area contributed by atoms with Crippen molar-refractivity contribution in [3.05, 3.63) is 109 Å². The first-order chi connectivity index (χ1) is 61.3. The van der Waals surface area contributed by atoms with Crippen LogP contribution in [0.2, 0.25) is 0 Å². The molecule has 0 spiro atoms. The van der Waals surface area contributed by atoms with Crippen LogP contribution >= 0.6 is 0 Å². The summed E-state index contributed by atoms with van der Waals surface area (Å²) in [5.41, 5.74) is -1.99. The van der Waals surface area contributed by atoms with Crippen LogP contribution in [0.5, 0.6) is 34.8 Å². The third-order valence-corrected chi connectivity index (χ3v) is 31.5. The number of carbonyl (C=O) groups is 8. The largest absolute Gasteiger partial charge is 0.497 e. The maximum Gasteiger partial charge on any atom is 0.307 e. The Morgan fingerprint density at radius 2 is 0.885 bits per heavy atom. The average Bonchev–Trinajstić information content (AvgIpc) is 1.56. The molecule has 8 heterocycles. The summed E-state index contributed by atoms with van der Waals surface area (Å²) in [6.07, 6.45) is 17.0. The zero-order valence-corrected chi connectivity index (χ0v) is 80.3. The van der Waals surface area contributed by atoms with Gasteiger partial charge in [-0.2, -0.15) is 0 Å². The molecular weight excluding hydrogens is 1700 g/mol. The van der Waals surface area contributed by atoms with E-state index in [-0.39, 0.29) is 134 Å². The van der Waals surface area contributed by atoms with Gasteiger partial charge in [0.25, 0.3) is 0 Å². The Labute approximate surface area is 765 Å². The van der Waals surface area contributed by atoms with Crippen LogP contribution < -0.4 is 37.9 Å². The molecule has 0 bridgehead atoms. The van der Waals surface area contributed by atoms with Crippen LogP contribution in [0.25, 0.3) is 44.3 Å². The number of esters is 2. The zero-order chi connectivity index (χ0) is 94.1. The molecule has 0 unspecified atom stereocenters. The molecule has 14 rings (SSSR count). The van der Waals surface area contributed by atoms with E-state index in [0.717, 1.165) is 23.6 Å². The van der Waals surface area contributed by atoms with Crippen LogP contribution in [0.4, 0.5) is 0 Å². The lowest BCUT2D eigenvalue weighted by Crippen LogP contribution is -2.48. The lowest BCUT2D eigenvalue weighted by molar-refractivity contribution is -0.160. The van der Waals surface area contributed by atoms with Gasteiger partial charge in [0.2, 0.25) is 55.4 Å². The number of ketones is 2. The number of nitrogens with zero attached hydrogens (tertiary/aromatic N) is 6. The topological polar surface area (TPSA) is 361 Å². The fraction of sp³-hybridized carbons (Fsp3) is 0.600. The molecule has 8 aliphatic rings. The van der Waals surface area contributed by atoms with E-state index in [2.05, 4.69) is 33.3 Å². The number of nitrogens with one attached hydrogen (secondary N) is 2. The van der Waals surface area contributed by atoms with Crippen molar-refractivity contribution in [1.29, 1.82) is 0 Å². The van der Waals surface area contributed by atoms with E-state index < -0.39 is 111 Å². The highest BCUT2D eigenvalue weighted by molar-refractivity contribution is 7.92. The van der Waals surface area contributed by atoms with Crippen molar-refractivity contribution in [2.75, 3.05) is 27.3 Å². The maximum absolute atomic E-state index is 15.3. The quantitative estimate of drug-likeness (QED) is 0.0420. The second-order valence-electron chi connectivity index (χ2n) is 40.7. The molecule has 0 radical (unpaired) electrons. The van der Waals surface area contributed by atoms with Gasteiger partial charge in [-0.1, -0.05) is 64.8 Å². The number of rotatable bonds is 24. The number of aromatic nitrogens is 4. The number of hydrogen-bond donors (Lipinski definition) is 2. The molecule has 28 nitrogen and oxygen atoms in total. The van der Waals surface area contributed by atoms with Crippen molar-refractivity contribution in [3.8, 4) is 57.5 Å². The highest BCUT2D eigenvalue weighted by Crippen LogP contribution is 2.60. The first-order valence-electron chi connectivity index (χ1n) is 46.4. The van der Waals surface area contributed by atoms with Crippen molar-refractivity contribution >= 4 is 88.7 Å². The van der Waals surface area contributed by atoms with E-state index in [9.17, 15) is 45.6 Å². The molecular formula is C100H132N8O20S2. The van der Waals surface area contributed by atoms with Crippen molar-refractivity contribution < 1.29 is 93.1 Å². The number of Topliss-reactive ketones (excluding diaryl/α,β-unsaturated/α-hetero) is 2. The van der Waals surface area contributed by atoms with E-state index in [1.165, 1.54) is 0 Å². The molecule has 2 aromatic carbocycles. The molecule has 4 amide bonds. The Kier molecular flexibility index (Phi) is 29.2. The smallest absolute Gasteiger partial charge is 0.307 e. The second-order valence-corrected chi connectivity index (χ2v) is 45.1. The van der Waals surface area contributed by atoms with Gasteiger partial charge in [-0.05, 0) is 279 Å². The molecule has 4 aromatic heterocycles. The van der Waals surface area contributed by atoms with E-state index in [4.69, 9.17) is 47.9 Å². The molecule has 6 fully saturated rings. The number of sulfonamides is 2. The predicted octanol–water partition coefficient (Wildman–Crippen LogP) is 16.3. The van der Waals surface area contributed by atoms with Gasteiger partial charge < -0.3 is 47.7 Å².